The first-order valence-electron chi connectivity index (χ1n) is 19.0. The number of hydrazine groups is 1. The monoisotopic (exact) mass is 785 g/mol. The minimum Gasteiger partial charge on any atom is -0.464 e. The summed E-state index contributed by atoms with van der Waals surface area (Å²) < 4.78 is 13.4. The van der Waals surface area contributed by atoms with Crippen molar-refractivity contribution in [3.8, 4) is 22.5 Å². The molecule has 0 saturated carbocycles. The van der Waals surface area contributed by atoms with Gasteiger partial charge in [-0.2, -0.15) is 0 Å². The highest BCUT2D eigenvalue weighted by atomic mass is 32.1. The number of pyridine rings is 1. The number of carbonyl (C=O) groups is 5. The molecule has 5 heterocycles. The Kier molecular flexibility index (Phi) is 12.1. The van der Waals surface area contributed by atoms with Crippen molar-refractivity contribution in [3.63, 3.8) is 0 Å². The van der Waals surface area contributed by atoms with E-state index in [1.807, 2.05) is 70.3 Å². The van der Waals surface area contributed by atoms with Gasteiger partial charge in [0.1, 0.15) is 18.1 Å². The Morgan fingerprint density at radius 3 is 2.66 bits per heavy atom. The summed E-state index contributed by atoms with van der Waals surface area (Å²) in [5.41, 5.74) is 7.70. The van der Waals surface area contributed by atoms with Gasteiger partial charge in [0.05, 0.1) is 40.3 Å². The number of carbonyl (C=O) groups excluding carboxylic acids is 5. The molecule has 3 amide bonds. The van der Waals surface area contributed by atoms with Crippen molar-refractivity contribution in [2.24, 2.45) is 11.3 Å². The van der Waals surface area contributed by atoms with Crippen molar-refractivity contribution in [3.05, 3.63) is 58.2 Å². The van der Waals surface area contributed by atoms with Crippen LogP contribution in [0.4, 0.5) is 0 Å². The molecule has 14 nitrogen and oxygen atoms in total. The second kappa shape index (κ2) is 16.6. The average Bonchev–Trinajstić information content (AvgIpc) is 3.77. The van der Waals surface area contributed by atoms with Gasteiger partial charge < -0.3 is 19.7 Å². The number of methoxy groups -OCH3 is 1. The number of hydrogen-bond acceptors (Lipinski definition) is 11. The van der Waals surface area contributed by atoms with E-state index < -0.39 is 41.3 Å². The van der Waals surface area contributed by atoms with Crippen molar-refractivity contribution < 1.29 is 33.4 Å². The van der Waals surface area contributed by atoms with Gasteiger partial charge in [-0.25, -0.2) is 10.4 Å². The van der Waals surface area contributed by atoms with E-state index in [1.54, 1.807) is 17.9 Å². The van der Waals surface area contributed by atoms with Gasteiger partial charge >= 0.3 is 5.97 Å². The van der Waals surface area contributed by atoms with E-state index in [9.17, 15) is 24.0 Å². The fourth-order valence-electron chi connectivity index (χ4n) is 7.75. The number of amides is 3. The summed E-state index contributed by atoms with van der Waals surface area (Å²) >= 11 is 1.37. The van der Waals surface area contributed by atoms with Gasteiger partial charge in [-0.1, -0.05) is 33.8 Å². The second-order valence-corrected chi connectivity index (χ2v) is 16.8. The number of nitrogens with zero attached hydrogens (tertiary/aromatic N) is 5. The molecular weight excluding hydrogens is 735 g/mol. The minimum atomic E-state index is -1.05. The zero-order valence-corrected chi connectivity index (χ0v) is 34.1. The van der Waals surface area contributed by atoms with E-state index in [1.165, 1.54) is 35.2 Å². The Labute approximate surface area is 330 Å². The zero-order valence-electron chi connectivity index (χ0n) is 33.3. The van der Waals surface area contributed by atoms with Crippen molar-refractivity contribution in [1.82, 2.24) is 35.2 Å². The Morgan fingerprint density at radius 2 is 1.96 bits per heavy atom. The summed E-state index contributed by atoms with van der Waals surface area (Å²) in [4.78, 5) is 77.9. The number of nitrogens with one attached hydrogen (secondary N) is 2. The Morgan fingerprint density at radius 1 is 1.20 bits per heavy atom. The number of esters is 1. The molecule has 0 radical (unpaired) electrons. The minimum absolute atomic E-state index is 0.0627. The standard InChI is InChI=1S/C41H51N7O7S/c1-23(2)36(46(7)22-49)38(51)44-31-18-34-43-32(20-56-34)26-13-14-33-28(17-26)29(37(48(33)25(4)50)27-11-9-15-42-35(27)24(3)54-8)19-41(5,6)21-55-40(53)30-12-10-16-47(45-30)39(31)52/h9,11,13-15,17,20,22-24,30-31,36,45H,10,12,16,18-19,21H2,1-8H3,(H,44,51)/t24?,30-,31?,36?/m0/s1. The number of benzene rings is 1. The lowest BCUT2D eigenvalue weighted by molar-refractivity contribution is -0.155. The van der Waals surface area contributed by atoms with Crippen molar-refractivity contribution >= 4 is 52.3 Å². The maximum atomic E-state index is 14.2. The van der Waals surface area contributed by atoms with Crippen LogP contribution >= 0.6 is 11.3 Å². The molecule has 1 fully saturated rings. The fourth-order valence-corrected chi connectivity index (χ4v) is 8.60. The van der Waals surface area contributed by atoms with E-state index in [2.05, 4.69) is 15.7 Å². The van der Waals surface area contributed by atoms with Crippen LogP contribution in [0.2, 0.25) is 0 Å². The lowest BCUT2D eigenvalue weighted by Crippen LogP contribution is -2.61. The van der Waals surface area contributed by atoms with E-state index in [-0.39, 0.29) is 31.0 Å². The third kappa shape index (κ3) is 8.25. The third-order valence-electron chi connectivity index (χ3n) is 10.6. The lowest BCUT2D eigenvalue weighted by atomic mass is 9.84. The number of cyclic esters (lactones) is 1. The summed E-state index contributed by atoms with van der Waals surface area (Å²) in [7, 11) is 3.15. The molecular formula is C41H51N7O7S. The number of likely N-dealkylation sites (N-methyl/N-ethyl adjacent to an activating group) is 1. The molecule has 1 saturated heterocycles. The van der Waals surface area contributed by atoms with Gasteiger partial charge in [-0.05, 0) is 61.9 Å². The SMILES string of the molecule is COC(C)c1ncccc1-c1c2c3cc(ccc3n1C(C)=O)-c1csc(n1)CC(NC(=O)C(C(C)C)N(C)C=O)C(=O)N1CCC[C@H](N1)C(=O)OCC(C)(C)C2. The first-order valence-corrected chi connectivity index (χ1v) is 19.8. The van der Waals surface area contributed by atoms with Crippen LogP contribution in [0.5, 0.6) is 0 Å². The number of thiazole rings is 1. The zero-order chi connectivity index (χ0) is 40.5. The van der Waals surface area contributed by atoms with Crippen LogP contribution in [0.25, 0.3) is 33.4 Å². The molecule has 1 aromatic carbocycles. The van der Waals surface area contributed by atoms with E-state index in [4.69, 9.17) is 14.5 Å². The largest absolute Gasteiger partial charge is 0.464 e. The molecule has 298 valence electrons. The topological polar surface area (TPSA) is 165 Å². The number of ether oxygens (including phenoxy) is 2. The number of fused-ring (bicyclic) bond motifs is 6. The molecule has 2 aliphatic heterocycles. The molecule has 6 rings (SSSR count). The molecule has 15 heteroatoms. The quantitative estimate of drug-likeness (QED) is 0.184. The normalized spacial score (nSPS) is 19.9. The van der Waals surface area contributed by atoms with Crippen LogP contribution in [0.15, 0.2) is 41.9 Å². The Bertz CT molecular complexity index is 2140. The number of rotatable bonds is 8. The first kappa shape index (κ1) is 40.7. The molecule has 2 N–H and O–H groups in total. The number of aromatic nitrogens is 3. The van der Waals surface area contributed by atoms with Gasteiger partial charge in [0.15, 0.2) is 0 Å². The highest BCUT2D eigenvalue weighted by molar-refractivity contribution is 7.10. The predicted octanol–water partition coefficient (Wildman–Crippen LogP) is 4.96. The van der Waals surface area contributed by atoms with E-state index in [0.29, 0.717) is 59.8 Å². The summed E-state index contributed by atoms with van der Waals surface area (Å²) in [6.45, 7) is 11.5. The first-order chi connectivity index (χ1) is 26.6. The van der Waals surface area contributed by atoms with Crippen LogP contribution in [-0.2, 0) is 41.5 Å². The number of hydrogen-bond donors (Lipinski definition) is 2. The Hall–Kier alpha value is -4.99. The molecule has 3 unspecified atom stereocenters. The van der Waals surface area contributed by atoms with Gasteiger partial charge in [-0.15, -0.1) is 11.3 Å². The molecule has 3 aromatic heterocycles. The average molecular weight is 786 g/mol. The predicted molar refractivity (Wildman–Crippen MR) is 212 cm³/mol. The summed E-state index contributed by atoms with van der Waals surface area (Å²) in [6, 6.07) is 7.01. The fraction of sp³-hybridized carbons (Fsp3) is 0.488. The molecule has 4 aromatic rings. The summed E-state index contributed by atoms with van der Waals surface area (Å²) in [5.74, 6) is -1.79. The van der Waals surface area contributed by atoms with Crippen LogP contribution < -0.4 is 10.7 Å². The third-order valence-corrected chi connectivity index (χ3v) is 11.4. The van der Waals surface area contributed by atoms with Crippen molar-refractivity contribution in [2.75, 3.05) is 27.3 Å². The van der Waals surface area contributed by atoms with Gasteiger partial charge in [0.2, 0.25) is 18.2 Å². The van der Waals surface area contributed by atoms with E-state index >= 15 is 0 Å². The van der Waals surface area contributed by atoms with Crippen LogP contribution in [-0.4, -0.2) is 100.0 Å². The highest BCUT2D eigenvalue weighted by Crippen LogP contribution is 2.42. The van der Waals surface area contributed by atoms with Gasteiger partial charge in [0.25, 0.3) is 5.91 Å². The second-order valence-electron chi connectivity index (χ2n) is 15.8. The van der Waals surface area contributed by atoms with Crippen LogP contribution in [0.3, 0.4) is 0 Å². The molecule has 4 atom stereocenters. The maximum Gasteiger partial charge on any atom is 0.324 e. The van der Waals surface area contributed by atoms with Crippen molar-refractivity contribution in [1.29, 1.82) is 0 Å². The van der Waals surface area contributed by atoms with Gasteiger partial charge in [-0.3, -0.25) is 38.5 Å². The maximum absolute atomic E-state index is 14.2. The molecule has 6 bridgehead atoms. The Balaban J connectivity index is 1.51. The van der Waals surface area contributed by atoms with E-state index in [0.717, 1.165) is 22.1 Å². The summed E-state index contributed by atoms with van der Waals surface area (Å²) in [5, 5.41) is 7.66. The molecule has 0 aliphatic carbocycles. The molecule has 56 heavy (non-hydrogen) atoms. The van der Waals surface area contributed by atoms with Crippen LogP contribution in [0.1, 0.15) is 81.5 Å². The molecule has 0 spiro atoms. The summed E-state index contributed by atoms with van der Waals surface area (Å²) in [6.07, 6.45) is 3.45. The van der Waals surface area contributed by atoms with Crippen molar-refractivity contribution in [2.45, 2.75) is 91.5 Å². The molecule has 2 aliphatic rings. The smallest absolute Gasteiger partial charge is 0.324 e. The lowest BCUT2D eigenvalue weighted by Gasteiger charge is -2.36. The highest BCUT2D eigenvalue weighted by Gasteiger charge is 2.37. The van der Waals surface area contributed by atoms with Gasteiger partial charge in [0, 0.05) is 67.6 Å². The van der Waals surface area contributed by atoms with Crippen LogP contribution in [0, 0.1) is 11.3 Å².